The van der Waals surface area contributed by atoms with E-state index >= 15 is 0 Å². The van der Waals surface area contributed by atoms with E-state index in [1.54, 1.807) is 17.3 Å². The topological polar surface area (TPSA) is 57.0 Å². The Morgan fingerprint density at radius 1 is 1.14 bits per heavy atom. The van der Waals surface area contributed by atoms with Gasteiger partial charge in [0.1, 0.15) is 11.6 Å². The van der Waals surface area contributed by atoms with Crippen LogP contribution in [0.2, 0.25) is 0 Å². The van der Waals surface area contributed by atoms with Crippen molar-refractivity contribution < 1.29 is 13.6 Å². The molecule has 4 nitrogen and oxygen atoms in total. The van der Waals surface area contributed by atoms with E-state index in [0.717, 1.165) is 17.6 Å². The number of allylic oxidation sites excluding steroid dienone is 4. The number of hydrogen-bond acceptors (Lipinski definition) is 3. The van der Waals surface area contributed by atoms with Crippen LogP contribution in [-0.4, -0.2) is 28.9 Å². The molecule has 1 fully saturated rings. The lowest BCUT2D eigenvalue weighted by molar-refractivity contribution is -0.128. The van der Waals surface area contributed by atoms with Crippen LogP contribution in [0.25, 0.3) is 5.57 Å². The molecule has 3 rings (SSSR count). The summed E-state index contributed by atoms with van der Waals surface area (Å²) >= 11 is 0. The van der Waals surface area contributed by atoms with Gasteiger partial charge in [0.05, 0.1) is 11.5 Å². The van der Waals surface area contributed by atoms with Crippen LogP contribution in [0.3, 0.4) is 0 Å². The van der Waals surface area contributed by atoms with Crippen LogP contribution in [0.1, 0.15) is 51.2 Å². The van der Waals surface area contributed by atoms with Gasteiger partial charge in [-0.1, -0.05) is 30.7 Å². The van der Waals surface area contributed by atoms with Gasteiger partial charge in [0.15, 0.2) is 0 Å². The number of halogens is 2. The number of likely N-dealkylation sites (tertiary alicyclic amines) is 1. The lowest BCUT2D eigenvalue weighted by Gasteiger charge is -2.38. The molecule has 0 unspecified atom stereocenters. The number of benzene rings is 1. The third-order valence-electron chi connectivity index (χ3n) is 6.77. The van der Waals surface area contributed by atoms with E-state index in [-0.39, 0.29) is 17.9 Å². The van der Waals surface area contributed by atoms with E-state index in [2.05, 4.69) is 18.0 Å². The molecule has 1 saturated heterocycles. The fraction of sp³-hybridized carbons (Fsp3) is 0.345. The highest BCUT2D eigenvalue weighted by atomic mass is 19.1. The molecule has 0 radical (unpaired) electrons. The minimum absolute atomic E-state index is 0.0102. The third-order valence-corrected chi connectivity index (χ3v) is 6.77. The number of pyridine rings is 1. The number of nitrogens with zero attached hydrogens (tertiary/aromatic N) is 3. The van der Waals surface area contributed by atoms with Crippen LogP contribution < -0.4 is 0 Å². The summed E-state index contributed by atoms with van der Waals surface area (Å²) in [6.45, 7) is 6.70. The molecule has 0 aliphatic carbocycles. The Bertz CT molecular complexity index is 1160. The second-order valence-electron chi connectivity index (χ2n) is 9.06. The van der Waals surface area contributed by atoms with Crippen molar-refractivity contribution in [1.82, 2.24) is 9.88 Å². The van der Waals surface area contributed by atoms with Crippen LogP contribution in [0, 0.1) is 28.4 Å². The average Bonchev–Trinajstić information content (AvgIpc) is 2.89. The van der Waals surface area contributed by atoms with Gasteiger partial charge in [-0.05, 0) is 81.0 Å². The molecule has 1 aromatic carbocycles. The average molecular weight is 476 g/mol. The fourth-order valence-corrected chi connectivity index (χ4v) is 4.22. The van der Waals surface area contributed by atoms with Crippen molar-refractivity contribution >= 4 is 11.5 Å². The quantitative estimate of drug-likeness (QED) is 0.343. The van der Waals surface area contributed by atoms with Gasteiger partial charge >= 0.3 is 0 Å². The molecule has 0 atom stereocenters. The van der Waals surface area contributed by atoms with Crippen LogP contribution >= 0.6 is 0 Å². The highest BCUT2D eigenvalue weighted by molar-refractivity contribution is 6.03. The fourth-order valence-electron chi connectivity index (χ4n) is 4.22. The summed E-state index contributed by atoms with van der Waals surface area (Å²) in [5.41, 5.74) is 2.53. The van der Waals surface area contributed by atoms with Gasteiger partial charge in [0.2, 0.25) is 0 Å². The highest BCUT2D eigenvalue weighted by Crippen LogP contribution is 2.36. The molecule has 2 aromatic rings. The molecule has 1 aliphatic heterocycles. The molecule has 0 bridgehead atoms. The Morgan fingerprint density at radius 2 is 1.77 bits per heavy atom. The van der Waals surface area contributed by atoms with Crippen molar-refractivity contribution in [2.75, 3.05) is 13.1 Å². The molecule has 0 spiro atoms. The number of carbonyl (C=O) groups excluding carboxylic acids is 1. The van der Waals surface area contributed by atoms with Gasteiger partial charge in [-0.3, -0.25) is 9.78 Å². The summed E-state index contributed by atoms with van der Waals surface area (Å²) < 4.78 is 28.5. The Hall–Kier alpha value is -3.59. The molecule has 6 heteroatoms. The molecule has 1 aliphatic rings. The van der Waals surface area contributed by atoms with Crippen LogP contribution in [0.15, 0.2) is 72.1 Å². The molecule has 1 amide bonds. The van der Waals surface area contributed by atoms with Crippen LogP contribution in [-0.2, 0) is 11.2 Å². The molecular formula is C29H31F2N3O. The van der Waals surface area contributed by atoms with Crippen LogP contribution in [0.4, 0.5) is 8.78 Å². The van der Waals surface area contributed by atoms with E-state index in [1.807, 2.05) is 44.2 Å². The van der Waals surface area contributed by atoms with Crippen molar-refractivity contribution in [1.29, 1.82) is 5.26 Å². The molecular weight excluding hydrogens is 444 g/mol. The zero-order chi connectivity index (χ0) is 25.4. The van der Waals surface area contributed by atoms with Crippen molar-refractivity contribution in [3.63, 3.8) is 0 Å². The SMILES string of the molecule is CC/C(C)=C/C=C\C(C(=O)N1CCC(C#N)(Cc2c(F)cccc2F)CC1)=C(/C)c1ccncc1. The number of carbonyl (C=O) groups is 1. The Labute approximate surface area is 206 Å². The first kappa shape index (κ1) is 26.0. The minimum Gasteiger partial charge on any atom is -0.339 e. The second kappa shape index (κ2) is 11.7. The van der Waals surface area contributed by atoms with Gasteiger partial charge in [0, 0.05) is 36.6 Å². The van der Waals surface area contributed by atoms with Crippen molar-refractivity contribution in [2.45, 2.75) is 46.5 Å². The zero-order valence-electron chi connectivity index (χ0n) is 20.5. The highest BCUT2D eigenvalue weighted by Gasteiger charge is 2.38. The summed E-state index contributed by atoms with van der Waals surface area (Å²) in [6.07, 6.45) is 10.7. The summed E-state index contributed by atoms with van der Waals surface area (Å²) in [6, 6.07) is 9.77. The van der Waals surface area contributed by atoms with Gasteiger partial charge < -0.3 is 4.90 Å². The van der Waals surface area contributed by atoms with Gasteiger partial charge in [0.25, 0.3) is 5.91 Å². The van der Waals surface area contributed by atoms with Crippen molar-refractivity contribution in [2.24, 2.45) is 5.41 Å². The van der Waals surface area contributed by atoms with Gasteiger partial charge in [-0.15, -0.1) is 0 Å². The van der Waals surface area contributed by atoms with E-state index < -0.39 is 17.0 Å². The van der Waals surface area contributed by atoms with E-state index in [9.17, 15) is 18.8 Å². The number of rotatable bonds is 7. The first-order chi connectivity index (χ1) is 16.8. The molecule has 0 saturated carbocycles. The molecule has 1 aromatic heterocycles. The predicted octanol–water partition coefficient (Wildman–Crippen LogP) is 6.42. The number of hydrogen-bond donors (Lipinski definition) is 0. The summed E-state index contributed by atoms with van der Waals surface area (Å²) in [5.74, 6) is -1.41. The normalized spacial score (nSPS) is 16.7. The number of nitriles is 1. The maximum Gasteiger partial charge on any atom is 0.254 e. The Balaban J connectivity index is 1.84. The maximum absolute atomic E-state index is 14.2. The molecule has 35 heavy (non-hydrogen) atoms. The first-order valence-electron chi connectivity index (χ1n) is 11.9. The van der Waals surface area contributed by atoms with Crippen molar-refractivity contribution in [3.05, 3.63) is 94.9 Å². The van der Waals surface area contributed by atoms with E-state index in [4.69, 9.17) is 0 Å². The van der Waals surface area contributed by atoms with E-state index in [0.29, 0.717) is 31.5 Å². The second-order valence-corrected chi connectivity index (χ2v) is 9.06. The van der Waals surface area contributed by atoms with Crippen LogP contribution in [0.5, 0.6) is 0 Å². The first-order valence-corrected chi connectivity index (χ1v) is 11.9. The largest absolute Gasteiger partial charge is 0.339 e. The standard InChI is InChI=1S/C29H31F2N3O/c1-4-21(2)7-5-8-24(22(3)23-11-15-33-16-12-23)28(35)34-17-13-29(20-32,14-18-34)19-25-26(30)9-6-10-27(25)31/h5-12,15-16H,4,13-14,17-19H2,1-3H3/b8-5-,21-7+,24-22-. The lowest BCUT2D eigenvalue weighted by atomic mass is 9.74. The number of aromatic nitrogens is 1. The Kier molecular flexibility index (Phi) is 8.70. The van der Waals surface area contributed by atoms with Gasteiger partial charge in [-0.25, -0.2) is 8.78 Å². The number of amides is 1. The monoisotopic (exact) mass is 475 g/mol. The summed E-state index contributed by atoms with van der Waals surface area (Å²) in [4.78, 5) is 19.4. The maximum atomic E-state index is 14.2. The lowest BCUT2D eigenvalue weighted by Crippen LogP contribution is -2.44. The zero-order valence-corrected chi connectivity index (χ0v) is 20.5. The number of piperidine rings is 1. The Morgan fingerprint density at radius 3 is 2.34 bits per heavy atom. The smallest absolute Gasteiger partial charge is 0.254 e. The molecule has 0 N–H and O–H groups in total. The minimum atomic E-state index is -0.916. The summed E-state index contributed by atoms with van der Waals surface area (Å²) in [5, 5.41) is 9.92. The summed E-state index contributed by atoms with van der Waals surface area (Å²) in [7, 11) is 0. The molecule has 182 valence electrons. The predicted molar refractivity (Wildman–Crippen MR) is 134 cm³/mol. The van der Waals surface area contributed by atoms with Crippen molar-refractivity contribution in [3.8, 4) is 6.07 Å². The van der Waals surface area contributed by atoms with E-state index in [1.165, 1.54) is 23.8 Å². The third kappa shape index (κ3) is 6.30. The van der Waals surface area contributed by atoms with Gasteiger partial charge in [-0.2, -0.15) is 5.26 Å². The molecule has 2 heterocycles.